The fourth-order valence-corrected chi connectivity index (χ4v) is 3.53. The summed E-state index contributed by atoms with van der Waals surface area (Å²) >= 11 is 0. The number of aryl methyl sites for hydroxylation is 1. The molecule has 0 spiro atoms. The third-order valence-corrected chi connectivity index (χ3v) is 5.09. The summed E-state index contributed by atoms with van der Waals surface area (Å²) in [5.74, 6) is 1.99. The molecule has 170 valence electrons. The van der Waals surface area contributed by atoms with E-state index in [0.717, 1.165) is 54.9 Å². The number of nitrogens with one attached hydrogen (secondary N) is 3. The largest absolute Gasteiger partial charge is 0.385 e. The molecule has 1 aromatic carbocycles. The van der Waals surface area contributed by atoms with Crippen LogP contribution in [-0.4, -0.2) is 45.1 Å². The van der Waals surface area contributed by atoms with Crippen LogP contribution in [0, 0.1) is 24.2 Å². The van der Waals surface area contributed by atoms with Gasteiger partial charge < -0.3 is 16.0 Å². The van der Waals surface area contributed by atoms with E-state index in [9.17, 15) is 4.79 Å². The molecule has 2 aromatic heterocycles. The lowest BCUT2D eigenvalue weighted by molar-refractivity contribution is -0.121. The van der Waals surface area contributed by atoms with Crippen molar-refractivity contribution in [3.05, 3.63) is 24.0 Å². The number of carbonyl (C=O) groups is 1. The van der Waals surface area contributed by atoms with Gasteiger partial charge in [0.2, 0.25) is 11.6 Å². The highest BCUT2D eigenvalue weighted by molar-refractivity contribution is 5.85. The molecule has 0 bridgehead atoms. The topological polar surface area (TPSA) is 120 Å². The number of benzene rings is 1. The van der Waals surface area contributed by atoms with Gasteiger partial charge >= 0.3 is 0 Å². The number of anilines is 2. The molecule has 0 aliphatic rings. The molecule has 32 heavy (non-hydrogen) atoms. The third kappa shape index (κ3) is 6.06. The number of carbonyl (C=O) groups excluding carboxylic acids is 1. The molecular weight excluding hydrogens is 404 g/mol. The van der Waals surface area contributed by atoms with Gasteiger partial charge in [-0.2, -0.15) is 5.26 Å². The Morgan fingerprint density at radius 3 is 2.69 bits per heavy atom. The summed E-state index contributed by atoms with van der Waals surface area (Å²) in [5, 5.41) is 26.9. The van der Waals surface area contributed by atoms with E-state index < -0.39 is 0 Å². The number of rotatable bonds is 12. The number of nitrogens with zero attached hydrogens (tertiary/aromatic N) is 5. The number of aromatic nitrogens is 4. The van der Waals surface area contributed by atoms with E-state index in [-0.39, 0.29) is 5.91 Å². The zero-order valence-electron chi connectivity index (χ0n) is 19.1. The number of nitriles is 1. The Morgan fingerprint density at radius 2 is 1.91 bits per heavy atom. The van der Waals surface area contributed by atoms with E-state index in [1.165, 1.54) is 0 Å². The van der Waals surface area contributed by atoms with Gasteiger partial charge in [0.15, 0.2) is 5.82 Å². The molecule has 9 heteroatoms. The van der Waals surface area contributed by atoms with E-state index in [2.05, 4.69) is 32.2 Å². The highest BCUT2D eigenvalue weighted by Crippen LogP contribution is 2.24. The summed E-state index contributed by atoms with van der Waals surface area (Å²) in [4.78, 5) is 16.5. The minimum Gasteiger partial charge on any atom is -0.385 e. The van der Waals surface area contributed by atoms with Gasteiger partial charge in [-0.05, 0) is 50.3 Å². The van der Waals surface area contributed by atoms with Crippen molar-refractivity contribution in [2.45, 2.75) is 52.9 Å². The van der Waals surface area contributed by atoms with Crippen LogP contribution in [0.15, 0.2) is 18.2 Å². The van der Waals surface area contributed by atoms with E-state index in [1.54, 1.807) is 0 Å². The number of amides is 1. The third-order valence-electron chi connectivity index (χ3n) is 5.09. The zero-order valence-corrected chi connectivity index (χ0v) is 19.1. The summed E-state index contributed by atoms with van der Waals surface area (Å²) in [7, 11) is 0. The zero-order chi connectivity index (χ0) is 22.9. The van der Waals surface area contributed by atoms with Crippen molar-refractivity contribution in [1.82, 2.24) is 24.9 Å². The summed E-state index contributed by atoms with van der Waals surface area (Å²) < 4.78 is 2.01. The van der Waals surface area contributed by atoms with Crippen LogP contribution in [-0.2, 0) is 4.79 Å². The standard InChI is InChI=1S/C23H32N8O/c1-16(2)14-21(32)26-12-6-7-13-27-22-23-30-29-17(3)31(23)20-9-8-18(15-19(20)28-22)25-11-5-4-10-24/h8-9,15-16,25H,4-7,11-14H2,1-3H3,(H,26,32)(H,27,28). The van der Waals surface area contributed by atoms with E-state index in [0.29, 0.717) is 36.8 Å². The molecule has 0 radical (unpaired) electrons. The second-order valence-corrected chi connectivity index (χ2v) is 8.34. The minimum absolute atomic E-state index is 0.113. The van der Waals surface area contributed by atoms with Crippen molar-refractivity contribution >= 4 is 34.1 Å². The number of fused-ring (bicyclic) bond motifs is 3. The fraction of sp³-hybridized carbons (Fsp3) is 0.522. The van der Waals surface area contributed by atoms with Gasteiger partial charge in [0.25, 0.3) is 0 Å². The summed E-state index contributed by atoms with van der Waals surface area (Å²) in [6, 6.07) is 8.20. The molecule has 9 nitrogen and oxygen atoms in total. The van der Waals surface area contributed by atoms with Gasteiger partial charge in [-0.25, -0.2) is 4.98 Å². The predicted octanol–water partition coefficient (Wildman–Crippen LogP) is 3.66. The summed E-state index contributed by atoms with van der Waals surface area (Å²) in [6.07, 6.45) is 3.70. The van der Waals surface area contributed by atoms with Gasteiger partial charge in [0.1, 0.15) is 5.82 Å². The predicted molar refractivity (Wildman–Crippen MR) is 127 cm³/mol. The first-order valence-electron chi connectivity index (χ1n) is 11.3. The number of hydrogen-bond acceptors (Lipinski definition) is 7. The first kappa shape index (κ1) is 23.3. The molecule has 1 amide bonds. The Labute approximate surface area is 188 Å². The minimum atomic E-state index is 0.113. The van der Waals surface area contributed by atoms with Gasteiger partial charge in [-0.3, -0.25) is 9.20 Å². The van der Waals surface area contributed by atoms with Crippen LogP contribution in [0.25, 0.3) is 16.7 Å². The van der Waals surface area contributed by atoms with Gasteiger partial charge in [0, 0.05) is 38.2 Å². The van der Waals surface area contributed by atoms with Crippen molar-refractivity contribution in [3.8, 4) is 6.07 Å². The average Bonchev–Trinajstić information content (AvgIpc) is 3.15. The smallest absolute Gasteiger partial charge is 0.220 e. The number of hydrogen-bond donors (Lipinski definition) is 3. The van der Waals surface area contributed by atoms with Gasteiger partial charge in [-0.1, -0.05) is 13.8 Å². The van der Waals surface area contributed by atoms with Crippen LogP contribution in [0.1, 0.15) is 51.8 Å². The Bertz CT molecular complexity index is 1100. The maximum Gasteiger partial charge on any atom is 0.220 e. The molecule has 3 aromatic rings. The van der Waals surface area contributed by atoms with Crippen LogP contribution < -0.4 is 16.0 Å². The maximum absolute atomic E-state index is 11.7. The second-order valence-electron chi connectivity index (χ2n) is 8.34. The van der Waals surface area contributed by atoms with Crippen LogP contribution in [0.4, 0.5) is 11.5 Å². The Kier molecular flexibility index (Phi) is 8.20. The van der Waals surface area contributed by atoms with E-state index in [4.69, 9.17) is 10.2 Å². The number of unbranched alkanes of at least 4 members (excludes halogenated alkanes) is 2. The van der Waals surface area contributed by atoms with Crippen molar-refractivity contribution in [2.75, 3.05) is 30.3 Å². The van der Waals surface area contributed by atoms with Crippen molar-refractivity contribution in [2.24, 2.45) is 5.92 Å². The molecule has 0 atom stereocenters. The van der Waals surface area contributed by atoms with Crippen LogP contribution in [0.2, 0.25) is 0 Å². The monoisotopic (exact) mass is 436 g/mol. The first-order chi connectivity index (χ1) is 15.5. The quantitative estimate of drug-likeness (QED) is 0.371. The highest BCUT2D eigenvalue weighted by Gasteiger charge is 2.13. The van der Waals surface area contributed by atoms with Crippen molar-refractivity contribution in [3.63, 3.8) is 0 Å². The molecule has 0 saturated heterocycles. The van der Waals surface area contributed by atoms with Crippen LogP contribution >= 0.6 is 0 Å². The Hall–Kier alpha value is -3.41. The summed E-state index contributed by atoms with van der Waals surface area (Å²) in [6.45, 7) is 8.16. The maximum atomic E-state index is 11.7. The Balaban J connectivity index is 1.65. The van der Waals surface area contributed by atoms with E-state index >= 15 is 0 Å². The SMILES string of the molecule is Cc1nnc2c(NCCCCNC(=O)CC(C)C)nc3cc(NCCCC#N)ccc3n12. The Morgan fingerprint density at radius 1 is 1.12 bits per heavy atom. The lowest BCUT2D eigenvalue weighted by atomic mass is 10.1. The van der Waals surface area contributed by atoms with Crippen molar-refractivity contribution < 1.29 is 4.79 Å². The van der Waals surface area contributed by atoms with Crippen molar-refractivity contribution in [1.29, 1.82) is 5.26 Å². The highest BCUT2D eigenvalue weighted by atomic mass is 16.1. The van der Waals surface area contributed by atoms with Crippen LogP contribution in [0.5, 0.6) is 0 Å². The lowest BCUT2D eigenvalue weighted by Crippen LogP contribution is -2.25. The summed E-state index contributed by atoms with van der Waals surface area (Å²) in [5.41, 5.74) is 3.46. The fourth-order valence-electron chi connectivity index (χ4n) is 3.53. The molecule has 3 rings (SSSR count). The molecule has 0 fully saturated rings. The molecule has 2 heterocycles. The van der Waals surface area contributed by atoms with E-state index in [1.807, 2.05) is 43.4 Å². The molecule has 3 N–H and O–H groups in total. The normalized spacial score (nSPS) is 11.1. The first-order valence-corrected chi connectivity index (χ1v) is 11.3. The van der Waals surface area contributed by atoms with Gasteiger partial charge in [-0.15, -0.1) is 10.2 Å². The lowest BCUT2D eigenvalue weighted by Gasteiger charge is -2.12. The van der Waals surface area contributed by atoms with Crippen LogP contribution in [0.3, 0.4) is 0 Å². The molecule has 0 unspecified atom stereocenters. The molecule has 0 aliphatic carbocycles. The average molecular weight is 437 g/mol. The molecule has 0 saturated carbocycles. The molecular formula is C23H32N8O. The second kappa shape index (κ2) is 11.3. The van der Waals surface area contributed by atoms with Gasteiger partial charge in [0.05, 0.1) is 17.1 Å². The molecule has 0 aliphatic heterocycles.